The Labute approximate surface area is 75.1 Å². The number of aliphatic hydroxyl groups excluding tert-OH is 1. The zero-order chi connectivity index (χ0) is 5.21. The van der Waals surface area contributed by atoms with Crippen molar-refractivity contribution >= 4 is 37.7 Å². The second-order valence-corrected chi connectivity index (χ2v) is 2.72. The van der Waals surface area contributed by atoms with Gasteiger partial charge in [-0.2, -0.15) is 0 Å². The minimum absolute atomic E-state index is 0. The molecule has 0 amide bonds. The summed E-state index contributed by atoms with van der Waals surface area (Å²) in [6.07, 6.45) is 0. The molecule has 0 aliphatic heterocycles. The van der Waals surface area contributed by atoms with Crippen molar-refractivity contribution in [1.29, 1.82) is 0 Å². The van der Waals surface area contributed by atoms with E-state index in [1.807, 2.05) is 20.8 Å². The predicted molar refractivity (Wildman–Crippen MR) is 35.1 cm³/mol. The van der Waals surface area contributed by atoms with Crippen LogP contribution in [0.4, 0.5) is 0 Å². The molecule has 1 N–H and O–H groups in total. The number of aliphatic hydroxyl groups is 1. The molecule has 0 bridgehead atoms. The molecule has 0 aromatic carbocycles. The summed E-state index contributed by atoms with van der Waals surface area (Å²) >= 11 is 0. The van der Waals surface area contributed by atoms with Gasteiger partial charge in [-0.25, -0.2) is 0 Å². The van der Waals surface area contributed by atoms with E-state index in [0.717, 1.165) is 0 Å². The molecule has 0 saturated carbocycles. The molecule has 0 aliphatic carbocycles. The SMILES string of the molecule is CC(C)(C)CO.[CaH2]. The van der Waals surface area contributed by atoms with E-state index in [9.17, 15) is 0 Å². The van der Waals surface area contributed by atoms with Crippen LogP contribution in [0.3, 0.4) is 0 Å². The summed E-state index contributed by atoms with van der Waals surface area (Å²) in [7, 11) is 0. The Balaban J connectivity index is 0. The molecule has 0 aliphatic rings. The van der Waals surface area contributed by atoms with Crippen LogP contribution in [-0.2, 0) is 0 Å². The molecular weight excluding hydrogens is 116 g/mol. The summed E-state index contributed by atoms with van der Waals surface area (Å²) in [5.74, 6) is 0. The molecule has 0 saturated heterocycles. The molecule has 0 radical (unpaired) electrons. The zero-order valence-electron chi connectivity index (χ0n) is 4.65. The Kier molecular flexibility index (Phi) is 6.54. The summed E-state index contributed by atoms with van der Waals surface area (Å²) < 4.78 is 0. The van der Waals surface area contributed by atoms with Gasteiger partial charge in [0.1, 0.15) is 0 Å². The van der Waals surface area contributed by atoms with E-state index in [1.165, 1.54) is 0 Å². The Morgan fingerprint density at radius 2 is 1.43 bits per heavy atom. The average Bonchev–Trinajstić information content (AvgIpc) is 1.35. The van der Waals surface area contributed by atoms with Gasteiger partial charge in [-0.15, -0.1) is 0 Å². The minimum atomic E-state index is 0. The second-order valence-electron chi connectivity index (χ2n) is 2.72. The first-order valence-corrected chi connectivity index (χ1v) is 2.17. The van der Waals surface area contributed by atoms with Gasteiger partial charge in [-0.05, 0) is 5.41 Å². The van der Waals surface area contributed by atoms with Crippen molar-refractivity contribution in [3.8, 4) is 0 Å². The molecule has 0 aromatic heterocycles. The first kappa shape index (κ1) is 11.1. The van der Waals surface area contributed by atoms with Crippen molar-refractivity contribution < 1.29 is 5.11 Å². The Hall–Kier alpha value is 1.22. The van der Waals surface area contributed by atoms with Gasteiger partial charge in [-0.3, -0.25) is 0 Å². The molecule has 0 unspecified atom stereocenters. The van der Waals surface area contributed by atoms with Crippen molar-refractivity contribution in [3.63, 3.8) is 0 Å². The van der Waals surface area contributed by atoms with Crippen molar-refractivity contribution in [3.05, 3.63) is 0 Å². The molecule has 2 heteroatoms. The molecule has 0 spiro atoms. The number of hydrogen-bond donors (Lipinski definition) is 1. The fourth-order valence-electron chi connectivity index (χ4n) is 0. The molecule has 42 valence electrons. The molecule has 0 fully saturated rings. The van der Waals surface area contributed by atoms with Crippen LogP contribution in [0.2, 0.25) is 0 Å². The van der Waals surface area contributed by atoms with Crippen molar-refractivity contribution in [2.24, 2.45) is 5.41 Å². The summed E-state index contributed by atoms with van der Waals surface area (Å²) in [5.41, 5.74) is 0.0972. The third-order valence-electron chi connectivity index (χ3n) is 0.474. The summed E-state index contributed by atoms with van der Waals surface area (Å²) in [4.78, 5) is 0. The quantitative estimate of drug-likeness (QED) is 0.461. The van der Waals surface area contributed by atoms with Crippen molar-refractivity contribution in [1.82, 2.24) is 0 Å². The molecule has 7 heavy (non-hydrogen) atoms. The summed E-state index contributed by atoms with van der Waals surface area (Å²) in [6, 6.07) is 0. The van der Waals surface area contributed by atoms with Gasteiger partial charge < -0.3 is 5.11 Å². The predicted octanol–water partition coefficient (Wildman–Crippen LogP) is 0.109. The maximum absolute atomic E-state index is 8.40. The molecule has 1 nitrogen and oxygen atoms in total. The summed E-state index contributed by atoms with van der Waals surface area (Å²) in [6.45, 7) is 6.25. The van der Waals surface area contributed by atoms with Gasteiger partial charge in [0.2, 0.25) is 0 Å². The van der Waals surface area contributed by atoms with Crippen LogP contribution in [0.1, 0.15) is 20.8 Å². The Bertz CT molecular complexity index is 37.8. The zero-order valence-corrected chi connectivity index (χ0v) is 4.65. The van der Waals surface area contributed by atoms with Crippen LogP contribution < -0.4 is 0 Å². The normalized spacial score (nSPS) is 10.3. The van der Waals surface area contributed by atoms with Gasteiger partial charge in [0.05, 0.1) is 0 Å². The molecular formula is C5H14CaO. The first-order chi connectivity index (χ1) is 2.56. The van der Waals surface area contributed by atoms with E-state index in [0.29, 0.717) is 0 Å². The summed E-state index contributed by atoms with van der Waals surface area (Å²) in [5, 5.41) is 8.40. The third-order valence-corrected chi connectivity index (χ3v) is 0.474. The second kappa shape index (κ2) is 4.13. The van der Waals surface area contributed by atoms with Crippen LogP contribution in [0.25, 0.3) is 0 Å². The number of rotatable bonds is 0. The van der Waals surface area contributed by atoms with E-state index in [2.05, 4.69) is 0 Å². The van der Waals surface area contributed by atoms with Crippen LogP contribution in [0, 0.1) is 5.41 Å². The van der Waals surface area contributed by atoms with Crippen LogP contribution in [0.5, 0.6) is 0 Å². The first-order valence-electron chi connectivity index (χ1n) is 2.17. The standard InChI is InChI=1S/C5H12O.Ca.2H/c1-5(2,3)4-6;;;/h6H,4H2,1-3H3;;;. The van der Waals surface area contributed by atoms with Crippen molar-refractivity contribution in [2.75, 3.05) is 6.61 Å². The Morgan fingerprint density at radius 1 is 1.29 bits per heavy atom. The van der Waals surface area contributed by atoms with Crippen LogP contribution in [0.15, 0.2) is 0 Å². The molecule has 0 aromatic rings. The fourth-order valence-corrected chi connectivity index (χ4v) is 0. The van der Waals surface area contributed by atoms with Gasteiger partial charge in [0, 0.05) is 6.61 Å². The van der Waals surface area contributed by atoms with Gasteiger partial charge in [0.25, 0.3) is 0 Å². The van der Waals surface area contributed by atoms with E-state index >= 15 is 0 Å². The Morgan fingerprint density at radius 3 is 1.43 bits per heavy atom. The van der Waals surface area contributed by atoms with E-state index < -0.39 is 0 Å². The van der Waals surface area contributed by atoms with E-state index in [1.54, 1.807) is 0 Å². The van der Waals surface area contributed by atoms with Crippen LogP contribution >= 0.6 is 0 Å². The van der Waals surface area contributed by atoms with E-state index in [-0.39, 0.29) is 49.8 Å². The molecule has 0 atom stereocenters. The van der Waals surface area contributed by atoms with Gasteiger partial charge >= 0.3 is 37.7 Å². The van der Waals surface area contributed by atoms with Crippen molar-refractivity contribution in [2.45, 2.75) is 20.8 Å². The topological polar surface area (TPSA) is 20.2 Å². The van der Waals surface area contributed by atoms with Gasteiger partial charge in [0.15, 0.2) is 0 Å². The van der Waals surface area contributed by atoms with E-state index in [4.69, 9.17) is 5.11 Å². The average molecular weight is 130 g/mol. The third kappa shape index (κ3) is 11.0. The van der Waals surface area contributed by atoms with Gasteiger partial charge in [-0.1, -0.05) is 20.8 Å². The molecule has 0 heterocycles. The maximum atomic E-state index is 8.40. The monoisotopic (exact) mass is 130 g/mol. The van der Waals surface area contributed by atoms with Crippen LogP contribution in [-0.4, -0.2) is 49.5 Å². The number of hydrogen-bond acceptors (Lipinski definition) is 1. The fraction of sp³-hybridized carbons (Fsp3) is 1.00. The molecule has 0 rings (SSSR count).